The lowest BCUT2D eigenvalue weighted by atomic mass is 10.0. The van der Waals surface area contributed by atoms with Crippen LogP contribution < -0.4 is 4.90 Å². The molecular weight excluding hydrogens is 560 g/mol. The second-order valence-corrected chi connectivity index (χ2v) is 13.2. The molecule has 10 heteroatoms. The maximum absolute atomic E-state index is 13.6. The number of carbonyl (C=O) groups is 1. The van der Waals surface area contributed by atoms with E-state index in [1.54, 1.807) is 33.5 Å². The van der Waals surface area contributed by atoms with Crippen LogP contribution in [-0.2, 0) is 10.0 Å². The van der Waals surface area contributed by atoms with E-state index in [1.807, 2.05) is 39.2 Å². The number of anilines is 1. The summed E-state index contributed by atoms with van der Waals surface area (Å²) in [4.78, 5) is 22.4. The van der Waals surface area contributed by atoms with Crippen LogP contribution >= 0.6 is 27.3 Å². The molecule has 1 aliphatic heterocycles. The molecule has 1 unspecified atom stereocenters. The highest BCUT2D eigenvalue weighted by molar-refractivity contribution is 9.10. The summed E-state index contributed by atoms with van der Waals surface area (Å²) in [6.07, 6.45) is 4.43. The molecule has 1 aromatic heterocycles. The molecule has 1 atom stereocenters. The molecule has 1 saturated heterocycles. The van der Waals surface area contributed by atoms with Crippen LogP contribution in [-0.4, -0.2) is 68.3 Å². The summed E-state index contributed by atoms with van der Waals surface area (Å²) in [6, 6.07) is 12.3. The topological polar surface area (TPSA) is 73.8 Å². The van der Waals surface area contributed by atoms with Crippen molar-refractivity contribution in [3.8, 4) is 0 Å². The van der Waals surface area contributed by atoms with Crippen LogP contribution in [0.2, 0.25) is 0 Å². The first-order valence-electron chi connectivity index (χ1n) is 12.4. The Labute approximate surface area is 226 Å². The van der Waals surface area contributed by atoms with E-state index in [-0.39, 0.29) is 16.8 Å². The van der Waals surface area contributed by atoms with E-state index in [0.717, 1.165) is 53.3 Å². The highest BCUT2D eigenvalue weighted by Crippen LogP contribution is 2.32. The first-order valence-corrected chi connectivity index (χ1v) is 15.4. The van der Waals surface area contributed by atoms with Crippen LogP contribution in [0.5, 0.6) is 0 Å². The Bertz CT molecular complexity index is 1310. The number of thiazole rings is 1. The molecule has 0 bridgehead atoms. The highest BCUT2D eigenvalue weighted by Gasteiger charge is 2.32. The van der Waals surface area contributed by atoms with Crippen LogP contribution in [0.25, 0.3) is 10.2 Å². The highest BCUT2D eigenvalue weighted by atomic mass is 79.9. The minimum atomic E-state index is -3.60. The van der Waals surface area contributed by atoms with Crippen molar-refractivity contribution in [2.75, 3.05) is 38.6 Å². The molecule has 0 N–H and O–H groups in total. The number of nitrogens with zero attached hydrogens (tertiary/aromatic N) is 4. The zero-order valence-electron chi connectivity index (χ0n) is 21.0. The third kappa shape index (κ3) is 5.99. The van der Waals surface area contributed by atoms with Gasteiger partial charge in [-0.25, -0.2) is 13.4 Å². The van der Waals surface area contributed by atoms with Crippen LogP contribution in [0, 0.1) is 0 Å². The Morgan fingerprint density at radius 1 is 1.14 bits per heavy atom. The maximum atomic E-state index is 13.6. The van der Waals surface area contributed by atoms with E-state index in [1.165, 1.54) is 11.3 Å². The van der Waals surface area contributed by atoms with Crippen LogP contribution in [0.1, 0.15) is 49.4 Å². The maximum Gasteiger partial charge on any atom is 0.260 e. The van der Waals surface area contributed by atoms with E-state index in [4.69, 9.17) is 4.98 Å². The van der Waals surface area contributed by atoms with Gasteiger partial charge in [-0.1, -0.05) is 40.6 Å². The van der Waals surface area contributed by atoms with Gasteiger partial charge in [-0.3, -0.25) is 9.69 Å². The largest absolute Gasteiger partial charge is 0.309 e. The molecule has 0 aliphatic carbocycles. The molecule has 0 spiro atoms. The number of halogens is 1. The molecule has 0 saturated carbocycles. The molecule has 2 aromatic carbocycles. The van der Waals surface area contributed by atoms with Crippen LogP contribution in [0.3, 0.4) is 0 Å². The van der Waals surface area contributed by atoms with E-state index < -0.39 is 10.0 Å². The fraction of sp³-hybridized carbons (Fsp3) is 0.462. The molecule has 7 nitrogen and oxygen atoms in total. The Morgan fingerprint density at radius 3 is 2.58 bits per heavy atom. The lowest BCUT2D eigenvalue weighted by Crippen LogP contribution is -2.43. The Kier molecular flexibility index (Phi) is 8.83. The average molecular weight is 594 g/mol. The van der Waals surface area contributed by atoms with Crippen molar-refractivity contribution in [3.05, 3.63) is 52.5 Å². The summed E-state index contributed by atoms with van der Waals surface area (Å²) in [6.45, 7) is 3.94. The van der Waals surface area contributed by atoms with Gasteiger partial charge in [0.2, 0.25) is 10.0 Å². The van der Waals surface area contributed by atoms with Gasteiger partial charge >= 0.3 is 0 Å². The number of hydrogen-bond donors (Lipinski definition) is 0. The van der Waals surface area contributed by atoms with Crippen LogP contribution in [0.4, 0.5) is 5.13 Å². The first-order chi connectivity index (χ1) is 17.2. The monoisotopic (exact) mass is 592 g/mol. The van der Waals surface area contributed by atoms with Crippen molar-refractivity contribution in [1.29, 1.82) is 0 Å². The lowest BCUT2D eigenvalue weighted by Gasteiger charge is -2.34. The van der Waals surface area contributed by atoms with Gasteiger partial charge in [0.15, 0.2) is 5.13 Å². The number of sulfonamides is 1. The fourth-order valence-corrected chi connectivity index (χ4v) is 7.90. The third-order valence-electron chi connectivity index (χ3n) is 6.55. The molecular formula is C26H33BrN4O3S2. The standard InChI is InChI=1S/C26H33BrN4O3S2/c1-4-21-8-5-6-17-31(21)36(33,34)22-12-9-19(10-13-22)25(32)30(16-7-15-29(2)3)26-28-23-14-11-20(27)18-24(23)35-26/h9-14,18,21H,4-8,15-17H2,1-3H3. The van der Waals surface area contributed by atoms with Crippen molar-refractivity contribution in [2.24, 2.45) is 0 Å². The zero-order chi connectivity index (χ0) is 25.9. The van der Waals surface area contributed by atoms with Crippen LogP contribution in [0.15, 0.2) is 51.8 Å². The van der Waals surface area contributed by atoms with Gasteiger partial charge < -0.3 is 4.90 Å². The van der Waals surface area contributed by atoms with Gasteiger partial charge in [0.05, 0.1) is 15.1 Å². The molecule has 3 aromatic rings. The van der Waals surface area contributed by atoms with Crippen molar-refractivity contribution in [2.45, 2.75) is 50.0 Å². The summed E-state index contributed by atoms with van der Waals surface area (Å²) in [5.41, 5.74) is 1.29. The normalized spacial score (nSPS) is 17.1. The molecule has 1 amide bonds. The van der Waals surface area contributed by atoms with E-state index >= 15 is 0 Å². The smallest absolute Gasteiger partial charge is 0.260 e. The molecule has 1 aliphatic rings. The number of benzene rings is 2. The average Bonchev–Trinajstić information content (AvgIpc) is 3.29. The van der Waals surface area contributed by atoms with Gasteiger partial charge in [0, 0.05) is 29.2 Å². The number of rotatable bonds is 9. The van der Waals surface area contributed by atoms with Gasteiger partial charge in [-0.05, 0) is 88.8 Å². The first kappa shape index (κ1) is 27.2. The third-order valence-corrected chi connectivity index (χ3v) is 10.1. The molecule has 0 radical (unpaired) electrons. The molecule has 1 fully saturated rings. The minimum absolute atomic E-state index is 0.0383. The molecule has 2 heterocycles. The number of piperidine rings is 1. The zero-order valence-corrected chi connectivity index (χ0v) is 24.2. The second-order valence-electron chi connectivity index (χ2n) is 9.42. The summed E-state index contributed by atoms with van der Waals surface area (Å²) in [5, 5.41) is 0.641. The quantitative estimate of drug-likeness (QED) is 0.323. The Hall–Kier alpha value is -1.85. The molecule has 194 valence electrons. The summed E-state index contributed by atoms with van der Waals surface area (Å²) in [5.74, 6) is -0.180. The number of fused-ring (bicyclic) bond motifs is 1. The van der Waals surface area contributed by atoms with Gasteiger partial charge in [0.25, 0.3) is 5.91 Å². The van der Waals surface area contributed by atoms with Crippen molar-refractivity contribution in [3.63, 3.8) is 0 Å². The predicted octanol–water partition coefficient (Wildman–Crippen LogP) is 5.61. The van der Waals surface area contributed by atoms with Gasteiger partial charge in [0.1, 0.15) is 0 Å². The number of aromatic nitrogens is 1. The second kappa shape index (κ2) is 11.7. The van der Waals surface area contributed by atoms with Crippen molar-refractivity contribution >= 4 is 58.5 Å². The summed E-state index contributed by atoms with van der Waals surface area (Å²) in [7, 11) is 0.417. The van der Waals surface area contributed by atoms with Gasteiger partial charge in [-0.15, -0.1) is 0 Å². The van der Waals surface area contributed by atoms with Crippen molar-refractivity contribution < 1.29 is 13.2 Å². The Balaban J connectivity index is 1.60. The predicted molar refractivity (Wildman–Crippen MR) is 150 cm³/mol. The lowest BCUT2D eigenvalue weighted by molar-refractivity contribution is 0.0986. The minimum Gasteiger partial charge on any atom is -0.309 e. The number of hydrogen-bond acceptors (Lipinski definition) is 6. The Morgan fingerprint density at radius 2 is 1.89 bits per heavy atom. The van der Waals surface area contributed by atoms with E-state index in [0.29, 0.717) is 23.8 Å². The fourth-order valence-electron chi connectivity index (χ4n) is 4.59. The summed E-state index contributed by atoms with van der Waals surface area (Å²) >= 11 is 4.98. The molecule has 36 heavy (non-hydrogen) atoms. The summed E-state index contributed by atoms with van der Waals surface area (Å²) < 4.78 is 30.3. The number of carbonyl (C=O) groups excluding carboxylic acids is 1. The van der Waals surface area contributed by atoms with E-state index in [2.05, 4.69) is 20.8 Å². The van der Waals surface area contributed by atoms with E-state index in [9.17, 15) is 13.2 Å². The van der Waals surface area contributed by atoms with Gasteiger partial charge in [-0.2, -0.15) is 4.31 Å². The molecule has 4 rings (SSSR count). The van der Waals surface area contributed by atoms with Crippen molar-refractivity contribution in [1.82, 2.24) is 14.2 Å². The number of amides is 1. The SMILES string of the molecule is CCC1CCCCN1S(=O)(=O)c1ccc(C(=O)N(CCCN(C)C)c2nc3ccc(Br)cc3s2)cc1.